The van der Waals surface area contributed by atoms with Gasteiger partial charge >= 0.3 is 0 Å². The highest BCUT2D eigenvalue weighted by Crippen LogP contribution is 2.23. The zero-order chi connectivity index (χ0) is 25.0. The van der Waals surface area contributed by atoms with E-state index < -0.39 is 9.84 Å². The van der Waals surface area contributed by atoms with Crippen molar-refractivity contribution in [3.05, 3.63) is 82.0 Å². The number of hydrogen-bond donors (Lipinski definition) is 1. The topological polar surface area (TPSA) is 79.4 Å². The Balaban J connectivity index is 1.24. The third kappa shape index (κ3) is 6.90. The Morgan fingerprint density at radius 2 is 1.77 bits per heavy atom. The number of ketones is 1. The van der Waals surface area contributed by atoms with Gasteiger partial charge in [-0.3, -0.25) is 14.7 Å². The number of Topliss-reactive ketones (excluding diaryl/α,β-unsaturated/α-hetero) is 1. The van der Waals surface area contributed by atoms with Gasteiger partial charge in [-0.2, -0.15) is 0 Å². The molecular formula is C26H27Cl2N3O3S. The molecule has 0 amide bonds. The number of nitrogens with zero attached hydrogens (tertiary/aromatic N) is 2. The number of likely N-dealkylation sites (tertiary alicyclic amines) is 1. The van der Waals surface area contributed by atoms with Gasteiger partial charge in [-0.25, -0.2) is 8.42 Å². The molecule has 1 aliphatic heterocycles. The number of hydrogen-bond acceptors (Lipinski definition) is 6. The van der Waals surface area contributed by atoms with Crippen molar-refractivity contribution in [3.63, 3.8) is 0 Å². The maximum atomic E-state index is 12.6. The van der Waals surface area contributed by atoms with Gasteiger partial charge in [0.1, 0.15) is 0 Å². The second-order valence-corrected chi connectivity index (χ2v) is 11.7. The number of aromatic nitrogens is 1. The number of halogens is 2. The molecule has 1 aliphatic rings. The van der Waals surface area contributed by atoms with Crippen LogP contribution in [0.15, 0.2) is 65.7 Å². The van der Waals surface area contributed by atoms with Crippen LogP contribution in [0.2, 0.25) is 10.0 Å². The minimum Gasteiger partial charge on any atom is -0.310 e. The second-order valence-electron chi connectivity index (χ2n) is 8.83. The number of sulfone groups is 1. The van der Waals surface area contributed by atoms with E-state index in [1.807, 2.05) is 18.3 Å². The quantitative estimate of drug-likeness (QED) is 0.416. The fourth-order valence-corrected chi connectivity index (χ4v) is 5.28. The Morgan fingerprint density at radius 1 is 1.06 bits per heavy atom. The van der Waals surface area contributed by atoms with Crippen molar-refractivity contribution in [1.29, 1.82) is 0 Å². The molecule has 4 rings (SSSR count). The summed E-state index contributed by atoms with van der Waals surface area (Å²) in [6, 6.07) is 16.1. The summed E-state index contributed by atoms with van der Waals surface area (Å²) < 4.78 is 23.2. The van der Waals surface area contributed by atoms with Gasteiger partial charge in [0.05, 0.1) is 22.2 Å². The Labute approximate surface area is 216 Å². The van der Waals surface area contributed by atoms with Gasteiger partial charge in [0, 0.05) is 54.3 Å². The van der Waals surface area contributed by atoms with Crippen LogP contribution >= 0.6 is 23.2 Å². The third-order valence-electron chi connectivity index (χ3n) is 6.18. The zero-order valence-corrected chi connectivity index (χ0v) is 21.7. The SMILES string of the molecule is CS(=O)(=O)c1ccc(-c2ccc(CNC3CCN(CC(=O)c4ccc(Cl)cc4Cl)CC3)cn2)cc1. The molecule has 0 radical (unpaired) electrons. The second kappa shape index (κ2) is 11.2. The van der Waals surface area contributed by atoms with Crippen LogP contribution in [0, 0.1) is 0 Å². The lowest BCUT2D eigenvalue weighted by Gasteiger charge is -2.32. The first-order valence-corrected chi connectivity index (χ1v) is 14.0. The van der Waals surface area contributed by atoms with E-state index in [2.05, 4.69) is 15.2 Å². The van der Waals surface area contributed by atoms with Crippen molar-refractivity contribution >= 4 is 38.8 Å². The monoisotopic (exact) mass is 531 g/mol. The Hall–Kier alpha value is -2.29. The average Bonchev–Trinajstić information content (AvgIpc) is 2.83. The molecule has 1 aromatic heterocycles. The smallest absolute Gasteiger partial charge is 0.178 e. The first-order chi connectivity index (χ1) is 16.7. The average molecular weight is 532 g/mol. The third-order valence-corrected chi connectivity index (χ3v) is 7.86. The van der Waals surface area contributed by atoms with E-state index in [1.165, 1.54) is 6.26 Å². The summed E-state index contributed by atoms with van der Waals surface area (Å²) in [5, 5.41) is 4.50. The van der Waals surface area contributed by atoms with E-state index >= 15 is 0 Å². The molecule has 35 heavy (non-hydrogen) atoms. The summed E-state index contributed by atoms with van der Waals surface area (Å²) in [4.78, 5) is 19.6. The summed E-state index contributed by atoms with van der Waals surface area (Å²) >= 11 is 12.1. The molecule has 1 N–H and O–H groups in total. The summed E-state index contributed by atoms with van der Waals surface area (Å²) in [6.45, 7) is 2.75. The summed E-state index contributed by atoms with van der Waals surface area (Å²) in [5.74, 6) is 0.00944. The molecule has 184 valence electrons. The van der Waals surface area contributed by atoms with E-state index in [1.54, 1.807) is 42.5 Å². The molecule has 2 aromatic carbocycles. The number of carbonyl (C=O) groups is 1. The minimum atomic E-state index is -3.21. The van der Waals surface area contributed by atoms with Crippen LogP contribution in [0.3, 0.4) is 0 Å². The molecule has 0 spiro atoms. The largest absolute Gasteiger partial charge is 0.310 e. The predicted molar refractivity (Wildman–Crippen MR) is 140 cm³/mol. The molecule has 9 heteroatoms. The van der Waals surface area contributed by atoms with Crippen molar-refractivity contribution in [3.8, 4) is 11.3 Å². The number of pyridine rings is 1. The zero-order valence-electron chi connectivity index (χ0n) is 19.4. The molecule has 1 fully saturated rings. The van der Waals surface area contributed by atoms with Crippen LogP contribution in [0.4, 0.5) is 0 Å². The van der Waals surface area contributed by atoms with E-state index in [0.717, 1.165) is 42.8 Å². The molecule has 0 aliphatic carbocycles. The fourth-order valence-electron chi connectivity index (χ4n) is 4.13. The van der Waals surface area contributed by atoms with Gasteiger partial charge < -0.3 is 5.32 Å². The Kier molecular flexibility index (Phi) is 8.24. The van der Waals surface area contributed by atoms with E-state index in [0.29, 0.717) is 39.6 Å². The van der Waals surface area contributed by atoms with Gasteiger partial charge in [-0.15, -0.1) is 0 Å². The molecule has 0 atom stereocenters. The van der Waals surface area contributed by atoms with E-state index in [9.17, 15) is 13.2 Å². The molecule has 0 saturated carbocycles. The summed E-state index contributed by atoms with van der Waals surface area (Å²) in [5.41, 5.74) is 3.27. The van der Waals surface area contributed by atoms with Crippen LogP contribution in [0.1, 0.15) is 28.8 Å². The van der Waals surface area contributed by atoms with Crippen LogP contribution in [-0.4, -0.2) is 56.0 Å². The van der Waals surface area contributed by atoms with Crippen molar-refractivity contribution in [1.82, 2.24) is 15.2 Å². The standard InChI is InChI=1S/C26H27Cl2N3O3S/c1-35(33,34)22-6-3-19(4-7-22)25-9-2-18(16-30-25)15-29-21-10-12-31(13-11-21)17-26(32)23-8-5-20(27)14-24(23)28/h2-9,14,16,21,29H,10-13,15,17H2,1H3. The van der Waals surface area contributed by atoms with Gasteiger partial charge in [-0.1, -0.05) is 41.4 Å². The predicted octanol–water partition coefficient (Wildman–Crippen LogP) is 4.90. The lowest BCUT2D eigenvalue weighted by molar-refractivity contribution is 0.0904. The van der Waals surface area contributed by atoms with Crippen LogP contribution < -0.4 is 5.32 Å². The molecular weight excluding hydrogens is 505 g/mol. The molecule has 1 saturated heterocycles. The molecule has 0 unspecified atom stereocenters. The summed E-state index contributed by atoms with van der Waals surface area (Å²) in [7, 11) is -3.21. The lowest BCUT2D eigenvalue weighted by atomic mass is 10.0. The number of benzene rings is 2. The first kappa shape index (κ1) is 25.8. The van der Waals surface area contributed by atoms with E-state index in [4.69, 9.17) is 23.2 Å². The van der Waals surface area contributed by atoms with Crippen molar-refractivity contribution in [2.24, 2.45) is 0 Å². The van der Waals surface area contributed by atoms with E-state index in [-0.39, 0.29) is 5.78 Å². The number of nitrogens with one attached hydrogen (secondary N) is 1. The van der Waals surface area contributed by atoms with Crippen LogP contribution in [0.5, 0.6) is 0 Å². The lowest BCUT2D eigenvalue weighted by Crippen LogP contribution is -2.44. The maximum Gasteiger partial charge on any atom is 0.178 e. The van der Waals surface area contributed by atoms with Gasteiger partial charge in [-0.05, 0) is 54.8 Å². The van der Waals surface area contributed by atoms with Crippen molar-refractivity contribution < 1.29 is 13.2 Å². The molecule has 2 heterocycles. The maximum absolute atomic E-state index is 12.6. The minimum absolute atomic E-state index is 0.00944. The van der Waals surface area contributed by atoms with Crippen molar-refractivity contribution in [2.75, 3.05) is 25.9 Å². The van der Waals surface area contributed by atoms with Crippen LogP contribution in [-0.2, 0) is 16.4 Å². The fraction of sp³-hybridized carbons (Fsp3) is 0.308. The van der Waals surface area contributed by atoms with Crippen molar-refractivity contribution in [2.45, 2.75) is 30.3 Å². The highest BCUT2D eigenvalue weighted by atomic mass is 35.5. The number of piperidine rings is 1. The molecule has 3 aromatic rings. The molecule has 6 nitrogen and oxygen atoms in total. The summed E-state index contributed by atoms with van der Waals surface area (Å²) in [6.07, 6.45) is 4.96. The van der Waals surface area contributed by atoms with Gasteiger partial charge in [0.15, 0.2) is 15.6 Å². The first-order valence-electron chi connectivity index (χ1n) is 11.4. The normalized spacial score (nSPS) is 15.3. The van der Waals surface area contributed by atoms with Crippen LogP contribution in [0.25, 0.3) is 11.3 Å². The Morgan fingerprint density at radius 3 is 2.37 bits per heavy atom. The Bertz CT molecular complexity index is 1290. The number of carbonyl (C=O) groups excluding carboxylic acids is 1. The van der Waals surface area contributed by atoms with Gasteiger partial charge in [0.2, 0.25) is 0 Å². The highest BCUT2D eigenvalue weighted by molar-refractivity contribution is 7.90. The highest BCUT2D eigenvalue weighted by Gasteiger charge is 2.22. The van der Waals surface area contributed by atoms with Gasteiger partial charge in [0.25, 0.3) is 0 Å². The number of rotatable bonds is 8. The molecule has 0 bridgehead atoms.